The van der Waals surface area contributed by atoms with Gasteiger partial charge in [-0.1, -0.05) is 170 Å². The molecule has 0 aliphatic heterocycles. The first kappa shape index (κ1) is 31.9. The molecule has 9 aromatic carbocycles. The smallest absolute Gasteiger partial charge is 0.164 e. The summed E-state index contributed by atoms with van der Waals surface area (Å²) in [6.07, 6.45) is 0. The molecule has 12 aromatic rings. The van der Waals surface area contributed by atoms with Gasteiger partial charge in [-0.25, -0.2) is 15.0 Å². The van der Waals surface area contributed by atoms with Crippen LogP contribution in [0.15, 0.2) is 218 Å². The highest BCUT2D eigenvalue weighted by Gasteiger charge is 2.19. The number of fused-ring (bicyclic) bond motifs is 6. The Morgan fingerprint density at radius 1 is 0.371 bits per heavy atom. The fourth-order valence-electron chi connectivity index (χ4n) is 8.58. The number of thiophene rings is 1. The highest BCUT2D eigenvalue weighted by molar-refractivity contribution is 7.25. The van der Waals surface area contributed by atoms with Crippen LogP contribution in [0.4, 0.5) is 0 Å². The summed E-state index contributed by atoms with van der Waals surface area (Å²) in [5, 5.41) is 3.64. The largest absolute Gasteiger partial charge is 0.309 e. The number of benzene rings is 9. The van der Waals surface area contributed by atoms with Crippen LogP contribution >= 0.6 is 11.3 Å². The standard InChI is InChI=1S/C57H36N4S/c1-3-13-37(14-4-1)39-25-27-40(28-26-39)55-58-56(60-57(59-55)44-31-34-49-48-20-8-10-24-52(48)62-53(49)36-44)41-29-32-45(33-30-41)61-51-23-9-7-19-47(51)50-22-12-21-46(54(50)61)43-18-11-17-42(35-43)38-15-5-2-6-16-38/h1-36H/i7D,9D,19D,23D. The lowest BCUT2D eigenvalue weighted by Crippen LogP contribution is -2.01. The summed E-state index contributed by atoms with van der Waals surface area (Å²) in [5.74, 6) is 1.62. The van der Waals surface area contributed by atoms with E-state index in [1.54, 1.807) is 11.3 Å². The number of hydrogen-bond donors (Lipinski definition) is 0. The molecule has 0 N–H and O–H groups in total. The molecule has 290 valence electrons. The summed E-state index contributed by atoms with van der Waals surface area (Å²) in [6.45, 7) is 0. The van der Waals surface area contributed by atoms with Crippen molar-refractivity contribution in [1.29, 1.82) is 0 Å². The predicted octanol–water partition coefficient (Wildman–Crippen LogP) is 15.3. The molecule has 0 bridgehead atoms. The van der Waals surface area contributed by atoms with Crippen molar-refractivity contribution in [3.05, 3.63) is 218 Å². The summed E-state index contributed by atoms with van der Waals surface area (Å²) in [5.41, 5.74) is 10.7. The van der Waals surface area contributed by atoms with E-state index in [2.05, 4.69) is 115 Å². The first-order valence-electron chi connectivity index (χ1n) is 22.5. The maximum absolute atomic E-state index is 9.26. The summed E-state index contributed by atoms with van der Waals surface area (Å²) in [4.78, 5) is 15.3. The van der Waals surface area contributed by atoms with Crippen LogP contribution in [0.3, 0.4) is 0 Å². The maximum Gasteiger partial charge on any atom is 0.164 e. The van der Waals surface area contributed by atoms with Gasteiger partial charge in [-0.3, -0.25) is 0 Å². The van der Waals surface area contributed by atoms with Crippen molar-refractivity contribution < 1.29 is 5.48 Å². The number of rotatable bonds is 7. The topological polar surface area (TPSA) is 43.6 Å². The van der Waals surface area contributed by atoms with Gasteiger partial charge >= 0.3 is 0 Å². The highest BCUT2D eigenvalue weighted by atomic mass is 32.1. The monoisotopic (exact) mass is 812 g/mol. The van der Waals surface area contributed by atoms with Crippen LogP contribution in [0.1, 0.15) is 5.48 Å². The lowest BCUT2D eigenvalue weighted by atomic mass is 9.97. The third kappa shape index (κ3) is 6.26. The van der Waals surface area contributed by atoms with Gasteiger partial charge in [0.15, 0.2) is 17.5 Å². The van der Waals surface area contributed by atoms with E-state index in [4.69, 9.17) is 19.1 Å². The fourth-order valence-corrected chi connectivity index (χ4v) is 9.73. The summed E-state index contributed by atoms with van der Waals surface area (Å²) in [6, 6.07) is 65.2. The van der Waals surface area contributed by atoms with E-state index >= 15 is 0 Å². The molecule has 12 rings (SSSR count). The van der Waals surface area contributed by atoms with Crippen molar-refractivity contribution >= 4 is 53.3 Å². The van der Waals surface area contributed by atoms with Gasteiger partial charge in [0.1, 0.15) is 0 Å². The second-order valence-electron chi connectivity index (χ2n) is 15.3. The van der Waals surface area contributed by atoms with Crippen LogP contribution in [-0.4, -0.2) is 19.5 Å². The predicted molar refractivity (Wildman–Crippen MR) is 260 cm³/mol. The Morgan fingerprint density at radius 2 is 0.903 bits per heavy atom. The molecule has 0 amide bonds. The molecular weight excluding hydrogens is 773 g/mol. The van der Waals surface area contributed by atoms with Crippen molar-refractivity contribution in [2.75, 3.05) is 0 Å². The average Bonchev–Trinajstić information content (AvgIpc) is 3.94. The molecule has 0 spiro atoms. The zero-order chi connectivity index (χ0) is 44.5. The van der Waals surface area contributed by atoms with Crippen molar-refractivity contribution in [2.45, 2.75) is 0 Å². The van der Waals surface area contributed by atoms with E-state index in [0.29, 0.717) is 28.4 Å². The third-order valence-corrected chi connectivity index (χ3v) is 12.7. The number of aromatic nitrogens is 4. The SMILES string of the molecule is [2H]c1c([2H])c([2H])c2c(c1[2H])c1cccc(-c3cccc(-c4ccccc4)c3)c1n2-c1ccc(-c2nc(-c3ccc(-c4ccccc4)cc3)nc(-c3ccc4c(c3)sc3ccccc34)n2)cc1. The van der Waals surface area contributed by atoms with Gasteiger partial charge in [-0.15, -0.1) is 11.3 Å². The van der Waals surface area contributed by atoms with Crippen LogP contribution in [0.25, 0.3) is 115 Å². The Labute approximate surface area is 368 Å². The summed E-state index contributed by atoms with van der Waals surface area (Å²) < 4.78 is 40.2. The Bertz CT molecular complexity index is 3850. The van der Waals surface area contributed by atoms with Gasteiger partial charge in [-0.05, 0) is 76.3 Å². The van der Waals surface area contributed by atoms with E-state index < -0.39 is 0 Å². The molecule has 4 nitrogen and oxygen atoms in total. The quantitative estimate of drug-likeness (QED) is 0.161. The summed E-state index contributed by atoms with van der Waals surface area (Å²) >= 11 is 1.75. The lowest BCUT2D eigenvalue weighted by Gasteiger charge is -2.13. The molecule has 3 heterocycles. The Morgan fingerprint density at radius 3 is 1.66 bits per heavy atom. The van der Waals surface area contributed by atoms with E-state index in [-0.39, 0.29) is 24.2 Å². The van der Waals surface area contributed by atoms with Gasteiger partial charge in [0.25, 0.3) is 0 Å². The number of para-hydroxylation sites is 2. The van der Waals surface area contributed by atoms with E-state index in [9.17, 15) is 1.37 Å². The van der Waals surface area contributed by atoms with Crippen LogP contribution in [0, 0.1) is 0 Å². The average molecular weight is 813 g/mol. The second-order valence-corrected chi connectivity index (χ2v) is 16.4. The molecular formula is C57H36N4S. The van der Waals surface area contributed by atoms with Crippen LogP contribution in [0.2, 0.25) is 0 Å². The third-order valence-electron chi connectivity index (χ3n) is 11.6. The number of nitrogens with zero attached hydrogens (tertiary/aromatic N) is 4. The van der Waals surface area contributed by atoms with Crippen molar-refractivity contribution in [2.24, 2.45) is 0 Å². The zero-order valence-corrected chi connectivity index (χ0v) is 34.0. The van der Waals surface area contributed by atoms with E-state index in [0.717, 1.165) is 71.4 Å². The molecule has 5 heteroatoms. The minimum absolute atomic E-state index is 0.0718. The Hall–Kier alpha value is -7.99. The van der Waals surface area contributed by atoms with Crippen LogP contribution < -0.4 is 0 Å². The van der Waals surface area contributed by atoms with Gasteiger partial charge in [0, 0.05) is 58.9 Å². The molecule has 0 saturated carbocycles. The van der Waals surface area contributed by atoms with Gasteiger partial charge in [0.05, 0.1) is 16.5 Å². The molecule has 0 unspecified atom stereocenters. The first-order chi connectivity index (χ1) is 32.4. The Kier molecular flexibility index (Phi) is 7.67. The summed E-state index contributed by atoms with van der Waals surface area (Å²) in [7, 11) is 0. The molecule has 0 atom stereocenters. The highest BCUT2D eigenvalue weighted by Crippen LogP contribution is 2.40. The molecule has 0 fully saturated rings. The van der Waals surface area contributed by atoms with Crippen molar-refractivity contribution in [1.82, 2.24) is 19.5 Å². The minimum atomic E-state index is -0.281. The molecule has 3 aromatic heterocycles. The zero-order valence-electron chi connectivity index (χ0n) is 37.2. The maximum atomic E-state index is 9.26. The first-order valence-corrected chi connectivity index (χ1v) is 21.3. The molecule has 0 saturated heterocycles. The van der Waals surface area contributed by atoms with E-state index in [1.807, 2.05) is 83.4 Å². The van der Waals surface area contributed by atoms with Crippen molar-refractivity contribution in [3.8, 4) is 73.2 Å². The second kappa shape index (κ2) is 14.9. The molecule has 0 radical (unpaired) electrons. The van der Waals surface area contributed by atoms with Gasteiger partial charge < -0.3 is 4.57 Å². The van der Waals surface area contributed by atoms with Crippen LogP contribution in [-0.2, 0) is 0 Å². The van der Waals surface area contributed by atoms with Crippen molar-refractivity contribution in [3.63, 3.8) is 0 Å². The normalized spacial score (nSPS) is 12.5. The minimum Gasteiger partial charge on any atom is -0.309 e. The molecule has 0 aliphatic rings. The molecule has 0 aliphatic carbocycles. The fraction of sp³-hybridized carbons (Fsp3) is 0. The number of hydrogen-bond acceptors (Lipinski definition) is 4. The van der Waals surface area contributed by atoms with Gasteiger partial charge in [-0.2, -0.15) is 0 Å². The van der Waals surface area contributed by atoms with E-state index in [1.165, 1.54) is 15.5 Å². The molecule has 62 heavy (non-hydrogen) atoms. The Balaban J connectivity index is 1.02. The van der Waals surface area contributed by atoms with Gasteiger partial charge in [0.2, 0.25) is 0 Å². The van der Waals surface area contributed by atoms with Crippen LogP contribution in [0.5, 0.6) is 0 Å². The lowest BCUT2D eigenvalue weighted by molar-refractivity contribution is 1.07.